The minimum absolute atomic E-state index is 0.317. The van der Waals surface area contributed by atoms with Crippen LogP contribution in [0.25, 0.3) is 0 Å². The van der Waals surface area contributed by atoms with Crippen molar-refractivity contribution < 1.29 is 14.3 Å². The van der Waals surface area contributed by atoms with Gasteiger partial charge < -0.3 is 14.8 Å². The average Bonchev–Trinajstić information content (AvgIpc) is 3.18. The molecule has 0 aliphatic heterocycles. The van der Waals surface area contributed by atoms with Crippen LogP contribution in [-0.2, 0) is 9.47 Å². The Balaban J connectivity index is 1.48. The van der Waals surface area contributed by atoms with Crippen molar-refractivity contribution in [2.24, 2.45) is 23.2 Å². The topological polar surface area (TPSA) is 47.6 Å². The lowest BCUT2D eigenvalue weighted by atomic mass is 9.87. The van der Waals surface area contributed by atoms with Crippen molar-refractivity contribution in [2.75, 3.05) is 26.4 Å². The first-order valence-electron chi connectivity index (χ1n) is 9.47. The predicted molar refractivity (Wildman–Crippen MR) is 95.6 cm³/mol. The van der Waals surface area contributed by atoms with Gasteiger partial charge >= 0.3 is 6.09 Å². The zero-order chi connectivity index (χ0) is 17.4. The van der Waals surface area contributed by atoms with Gasteiger partial charge in [0.05, 0.1) is 13.2 Å². The van der Waals surface area contributed by atoms with Crippen LogP contribution in [0, 0.1) is 35.0 Å². The first-order chi connectivity index (χ1) is 11.5. The van der Waals surface area contributed by atoms with Crippen molar-refractivity contribution in [1.82, 2.24) is 5.32 Å². The Hall–Kier alpha value is -1.21. The Morgan fingerprint density at radius 2 is 1.83 bits per heavy atom. The number of hydrogen-bond donors (Lipinski definition) is 1. The van der Waals surface area contributed by atoms with Gasteiger partial charge in [-0.25, -0.2) is 4.79 Å². The molecule has 136 valence electrons. The van der Waals surface area contributed by atoms with E-state index in [9.17, 15) is 4.79 Å². The number of rotatable bonds is 9. The molecular weight excluding hydrogens is 302 g/mol. The van der Waals surface area contributed by atoms with Gasteiger partial charge in [0.1, 0.15) is 0 Å². The molecule has 2 rings (SSSR count). The molecule has 0 aromatic heterocycles. The third kappa shape index (κ3) is 6.36. The summed E-state index contributed by atoms with van der Waals surface area (Å²) in [5.74, 6) is 8.39. The zero-order valence-corrected chi connectivity index (χ0v) is 15.5. The van der Waals surface area contributed by atoms with Crippen molar-refractivity contribution in [2.45, 2.75) is 59.3 Å². The lowest BCUT2D eigenvalue weighted by molar-refractivity contribution is 0.0982. The number of alkyl carbamates (subject to hydrolysis) is 1. The van der Waals surface area contributed by atoms with Gasteiger partial charge in [0.2, 0.25) is 0 Å². The number of nitrogens with one attached hydrogen (secondary N) is 1. The summed E-state index contributed by atoms with van der Waals surface area (Å²) in [6.45, 7) is 9.04. The summed E-state index contributed by atoms with van der Waals surface area (Å²) in [5, 5.41) is 2.77. The number of amides is 1. The molecule has 4 heteroatoms. The summed E-state index contributed by atoms with van der Waals surface area (Å²) in [7, 11) is 0. The number of fused-ring (bicyclic) bond motifs is 1. The maximum atomic E-state index is 11.7. The largest absolute Gasteiger partial charge is 0.449 e. The normalized spacial score (nSPS) is 25.5. The van der Waals surface area contributed by atoms with E-state index >= 15 is 0 Å². The van der Waals surface area contributed by atoms with E-state index in [0.29, 0.717) is 31.1 Å². The van der Waals surface area contributed by atoms with Crippen LogP contribution in [0.1, 0.15) is 59.3 Å². The van der Waals surface area contributed by atoms with Crippen molar-refractivity contribution in [3.8, 4) is 11.8 Å². The summed E-state index contributed by atoms with van der Waals surface area (Å²) in [5.41, 5.74) is 0.330. The SMILES string of the molecule is CCC(C)(C)CCOCCNC(=O)OCC1[C@H]2CCC#CCC[C@@H]12. The standard InChI is InChI=1S/C20H33NO3/c1-4-20(2,3)11-13-23-14-12-21-19(22)24-15-18-16-9-7-5-6-8-10-17(16)18/h16-18H,4,7-15H2,1-3H3,(H,21,22)/t16-,17+,18?. The number of ether oxygens (including phenoxy) is 2. The van der Waals surface area contributed by atoms with E-state index in [-0.39, 0.29) is 6.09 Å². The predicted octanol–water partition coefficient (Wildman–Crippen LogP) is 4.00. The second kappa shape index (κ2) is 9.32. The quantitative estimate of drug-likeness (QED) is 0.512. The molecule has 0 aromatic rings. The van der Waals surface area contributed by atoms with Crippen LogP contribution < -0.4 is 5.32 Å². The summed E-state index contributed by atoms with van der Waals surface area (Å²) >= 11 is 0. The monoisotopic (exact) mass is 335 g/mol. The molecule has 1 saturated carbocycles. The third-order valence-corrected chi connectivity index (χ3v) is 5.64. The van der Waals surface area contributed by atoms with Gasteiger partial charge in [-0.05, 0) is 42.4 Å². The van der Waals surface area contributed by atoms with Gasteiger partial charge in [0, 0.05) is 26.0 Å². The van der Waals surface area contributed by atoms with Gasteiger partial charge in [0.25, 0.3) is 0 Å². The van der Waals surface area contributed by atoms with Crippen LogP contribution in [0.15, 0.2) is 0 Å². The molecule has 3 atom stereocenters. The van der Waals surface area contributed by atoms with Crippen LogP contribution in [-0.4, -0.2) is 32.5 Å². The molecule has 24 heavy (non-hydrogen) atoms. The smallest absolute Gasteiger partial charge is 0.407 e. The van der Waals surface area contributed by atoms with Crippen LogP contribution in [0.4, 0.5) is 4.79 Å². The highest BCUT2D eigenvalue weighted by atomic mass is 16.5. The summed E-state index contributed by atoms with van der Waals surface area (Å²) in [4.78, 5) is 11.7. The lowest BCUT2D eigenvalue weighted by Gasteiger charge is -2.22. The van der Waals surface area contributed by atoms with Crippen LogP contribution >= 0.6 is 0 Å². The molecular formula is C20H33NO3. The van der Waals surface area contributed by atoms with Crippen LogP contribution in [0.3, 0.4) is 0 Å². The average molecular weight is 335 g/mol. The molecule has 0 radical (unpaired) electrons. The second-order valence-corrected chi connectivity index (χ2v) is 7.83. The molecule has 0 saturated heterocycles. The minimum Gasteiger partial charge on any atom is -0.449 e. The van der Waals surface area contributed by atoms with E-state index < -0.39 is 0 Å². The van der Waals surface area contributed by atoms with Gasteiger partial charge in [-0.3, -0.25) is 0 Å². The van der Waals surface area contributed by atoms with E-state index in [2.05, 4.69) is 37.9 Å². The zero-order valence-electron chi connectivity index (χ0n) is 15.5. The maximum absolute atomic E-state index is 11.7. The lowest BCUT2D eigenvalue weighted by Crippen LogP contribution is -2.29. The van der Waals surface area contributed by atoms with Crippen molar-refractivity contribution in [3.63, 3.8) is 0 Å². The highest BCUT2D eigenvalue weighted by Gasteiger charge is 2.49. The van der Waals surface area contributed by atoms with E-state index in [4.69, 9.17) is 9.47 Å². The highest BCUT2D eigenvalue weighted by molar-refractivity contribution is 5.67. The highest BCUT2D eigenvalue weighted by Crippen LogP contribution is 2.52. The molecule has 1 N–H and O–H groups in total. The first-order valence-corrected chi connectivity index (χ1v) is 9.47. The summed E-state index contributed by atoms with van der Waals surface area (Å²) in [6.07, 6.45) is 6.19. The molecule has 0 bridgehead atoms. The number of hydrogen-bond acceptors (Lipinski definition) is 3. The Morgan fingerprint density at radius 3 is 2.46 bits per heavy atom. The Labute approximate surface area is 147 Å². The fourth-order valence-corrected chi connectivity index (χ4v) is 3.36. The number of carbonyl (C=O) groups excluding carboxylic acids is 1. The molecule has 2 aliphatic rings. The summed E-state index contributed by atoms with van der Waals surface area (Å²) < 4.78 is 11.0. The van der Waals surface area contributed by atoms with Crippen molar-refractivity contribution in [1.29, 1.82) is 0 Å². The van der Waals surface area contributed by atoms with Crippen molar-refractivity contribution >= 4 is 6.09 Å². The fourth-order valence-electron chi connectivity index (χ4n) is 3.36. The minimum atomic E-state index is -0.317. The van der Waals surface area contributed by atoms with E-state index in [1.807, 2.05) is 0 Å². The molecule has 2 aliphatic carbocycles. The molecule has 4 nitrogen and oxygen atoms in total. The van der Waals surface area contributed by atoms with E-state index in [0.717, 1.165) is 57.0 Å². The molecule has 1 amide bonds. The van der Waals surface area contributed by atoms with E-state index in [1.54, 1.807) is 0 Å². The first kappa shape index (κ1) is 19.1. The molecule has 0 spiro atoms. The van der Waals surface area contributed by atoms with Crippen LogP contribution in [0.2, 0.25) is 0 Å². The third-order valence-electron chi connectivity index (χ3n) is 5.64. The second-order valence-electron chi connectivity index (χ2n) is 7.83. The molecule has 0 heterocycles. The van der Waals surface area contributed by atoms with E-state index in [1.165, 1.54) is 0 Å². The number of carbonyl (C=O) groups is 1. The molecule has 1 unspecified atom stereocenters. The Bertz CT molecular complexity index is 445. The van der Waals surface area contributed by atoms with Gasteiger partial charge in [-0.2, -0.15) is 0 Å². The fraction of sp³-hybridized carbons (Fsp3) is 0.850. The van der Waals surface area contributed by atoms with Gasteiger partial charge in [0.15, 0.2) is 0 Å². The van der Waals surface area contributed by atoms with Crippen LogP contribution in [0.5, 0.6) is 0 Å². The van der Waals surface area contributed by atoms with Gasteiger partial charge in [-0.15, -0.1) is 11.8 Å². The van der Waals surface area contributed by atoms with Crippen molar-refractivity contribution in [3.05, 3.63) is 0 Å². The maximum Gasteiger partial charge on any atom is 0.407 e. The Morgan fingerprint density at radius 1 is 1.17 bits per heavy atom. The summed E-state index contributed by atoms with van der Waals surface area (Å²) in [6, 6.07) is 0. The molecule has 1 fully saturated rings. The van der Waals surface area contributed by atoms with Gasteiger partial charge in [-0.1, -0.05) is 27.2 Å². The Kier molecular flexibility index (Phi) is 7.42. The molecule has 0 aromatic carbocycles.